The number of benzene rings is 3. The topological polar surface area (TPSA) is 140 Å². The molecule has 0 saturated heterocycles. The van der Waals surface area contributed by atoms with E-state index in [1.807, 2.05) is 0 Å². The second kappa shape index (κ2) is 21.2. The molecule has 0 atom stereocenters. The van der Waals surface area contributed by atoms with E-state index in [4.69, 9.17) is 30.4 Å². The van der Waals surface area contributed by atoms with Gasteiger partial charge in [0, 0.05) is 23.9 Å². The second-order valence-electron chi connectivity index (χ2n) is 11.8. The van der Waals surface area contributed by atoms with Crippen molar-refractivity contribution in [1.29, 1.82) is 0 Å². The number of carbonyl (C=O) groups excluding carboxylic acids is 3. The van der Waals surface area contributed by atoms with E-state index >= 15 is 0 Å². The standard InChI is InChI=1S/C38H45F3N2O7/c39-38(40,41)21-10-24-47-33-18-14-29(15-19-33)37(46)50-34-16-11-28(12-17-34)13-20-35(44)48-22-8-6-4-2-1-3-5-7-9-23-49-36(45)30-25-31(42)27-32(43)26-30/h11-20,25-27H,1-10,21-24,42-43H2/b20-13+. The zero-order valence-electron chi connectivity index (χ0n) is 28.1. The molecule has 4 N–H and O–H groups in total. The van der Waals surface area contributed by atoms with Gasteiger partial charge in [0.05, 0.1) is 30.9 Å². The molecular weight excluding hydrogens is 653 g/mol. The van der Waals surface area contributed by atoms with Crippen LogP contribution in [0.2, 0.25) is 0 Å². The molecule has 0 aliphatic rings. The third-order valence-corrected chi connectivity index (χ3v) is 7.45. The van der Waals surface area contributed by atoms with Crippen molar-refractivity contribution in [1.82, 2.24) is 0 Å². The van der Waals surface area contributed by atoms with Gasteiger partial charge in [0.25, 0.3) is 0 Å². The van der Waals surface area contributed by atoms with Crippen molar-refractivity contribution >= 4 is 35.4 Å². The molecule has 0 bridgehead atoms. The molecule has 0 amide bonds. The highest BCUT2D eigenvalue weighted by Crippen LogP contribution is 2.22. The molecule has 0 unspecified atom stereocenters. The lowest BCUT2D eigenvalue weighted by Gasteiger charge is -2.09. The lowest BCUT2D eigenvalue weighted by Crippen LogP contribution is -2.10. The van der Waals surface area contributed by atoms with Gasteiger partial charge in [0.15, 0.2) is 0 Å². The number of hydrogen-bond acceptors (Lipinski definition) is 9. The summed E-state index contributed by atoms with van der Waals surface area (Å²) in [4.78, 5) is 36.6. The molecule has 0 heterocycles. The first kappa shape index (κ1) is 39.4. The predicted octanol–water partition coefficient (Wildman–Crippen LogP) is 8.72. The number of unbranched alkanes of at least 4 members (excludes halogenated alkanes) is 8. The summed E-state index contributed by atoms with van der Waals surface area (Å²) in [5.74, 6) is -0.787. The number of ether oxygens (including phenoxy) is 4. The fourth-order valence-corrected chi connectivity index (χ4v) is 4.83. The molecule has 12 heteroatoms. The van der Waals surface area contributed by atoms with Crippen LogP contribution in [0.3, 0.4) is 0 Å². The highest BCUT2D eigenvalue weighted by Gasteiger charge is 2.26. The molecule has 3 aromatic carbocycles. The lowest BCUT2D eigenvalue weighted by molar-refractivity contribution is -0.138. The van der Waals surface area contributed by atoms with Gasteiger partial charge in [0.2, 0.25) is 0 Å². The molecule has 0 saturated carbocycles. The van der Waals surface area contributed by atoms with E-state index in [-0.39, 0.29) is 18.6 Å². The van der Waals surface area contributed by atoms with Gasteiger partial charge in [-0.1, -0.05) is 57.1 Å². The van der Waals surface area contributed by atoms with Crippen molar-refractivity contribution < 1.29 is 46.5 Å². The van der Waals surface area contributed by atoms with Crippen molar-refractivity contribution in [3.63, 3.8) is 0 Å². The molecule has 0 aliphatic heterocycles. The van der Waals surface area contributed by atoms with Crippen LogP contribution in [0.15, 0.2) is 72.8 Å². The molecule has 270 valence electrons. The summed E-state index contributed by atoms with van der Waals surface area (Å²) in [6.07, 6.45) is 6.75. The van der Waals surface area contributed by atoms with Crippen molar-refractivity contribution in [2.24, 2.45) is 0 Å². The molecule has 3 aromatic rings. The van der Waals surface area contributed by atoms with Gasteiger partial charge in [-0.05, 0) is 85.5 Å². The third-order valence-electron chi connectivity index (χ3n) is 7.45. The highest BCUT2D eigenvalue weighted by atomic mass is 19.4. The number of hydrogen-bond donors (Lipinski definition) is 2. The zero-order chi connectivity index (χ0) is 36.2. The molecule has 0 aromatic heterocycles. The number of alkyl halides is 3. The Morgan fingerprint density at radius 2 is 1.14 bits per heavy atom. The Kier molecular flexibility index (Phi) is 16.7. The first-order chi connectivity index (χ1) is 24.0. The predicted molar refractivity (Wildman–Crippen MR) is 186 cm³/mol. The summed E-state index contributed by atoms with van der Waals surface area (Å²) >= 11 is 0. The van der Waals surface area contributed by atoms with Crippen molar-refractivity contribution in [3.05, 3.63) is 89.5 Å². The smallest absolute Gasteiger partial charge is 0.389 e. The molecule has 9 nitrogen and oxygen atoms in total. The van der Waals surface area contributed by atoms with Gasteiger partial charge < -0.3 is 30.4 Å². The largest absolute Gasteiger partial charge is 0.494 e. The fourth-order valence-electron chi connectivity index (χ4n) is 4.83. The number of nitrogen functional groups attached to an aromatic ring is 2. The number of esters is 3. The second-order valence-corrected chi connectivity index (χ2v) is 11.8. The van der Waals surface area contributed by atoms with Crippen LogP contribution in [0.5, 0.6) is 11.5 Å². The van der Waals surface area contributed by atoms with E-state index in [9.17, 15) is 27.6 Å². The number of carbonyl (C=O) groups is 3. The Labute approximate surface area is 290 Å². The average molecular weight is 699 g/mol. The molecule has 0 radical (unpaired) electrons. The molecule has 0 aliphatic carbocycles. The first-order valence-corrected chi connectivity index (χ1v) is 16.8. The Bertz CT molecular complexity index is 1500. The van der Waals surface area contributed by atoms with Crippen LogP contribution < -0.4 is 20.9 Å². The maximum Gasteiger partial charge on any atom is 0.389 e. The van der Waals surface area contributed by atoms with E-state index < -0.39 is 30.5 Å². The Balaban J connectivity index is 1.18. The monoisotopic (exact) mass is 698 g/mol. The number of anilines is 2. The minimum atomic E-state index is -4.22. The lowest BCUT2D eigenvalue weighted by atomic mass is 10.1. The molecule has 0 spiro atoms. The van der Waals surface area contributed by atoms with Crippen LogP contribution in [0.4, 0.5) is 24.5 Å². The van der Waals surface area contributed by atoms with Gasteiger partial charge in [-0.3, -0.25) is 0 Å². The SMILES string of the molecule is Nc1cc(N)cc(C(=O)OCCCCCCCCCCCOC(=O)/C=C/c2ccc(OC(=O)c3ccc(OCCCC(F)(F)F)cc3)cc2)c1. The number of nitrogens with two attached hydrogens (primary N) is 2. The van der Waals surface area contributed by atoms with E-state index in [1.165, 1.54) is 30.3 Å². The Morgan fingerprint density at radius 1 is 0.600 bits per heavy atom. The molecule has 50 heavy (non-hydrogen) atoms. The summed E-state index contributed by atoms with van der Waals surface area (Å²) < 4.78 is 57.9. The minimum Gasteiger partial charge on any atom is -0.494 e. The fraction of sp³-hybridized carbons (Fsp3) is 0.395. The van der Waals surface area contributed by atoms with Gasteiger partial charge in [0.1, 0.15) is 11.5 Å². The zero-order valence-corrected chi connectivity index (χ0v) is 28.1. The summed E-state index contributed by atoms with van der Waals surface area (Å²) in [6, 6.07) is 17.2. The van der Waals surface area contributed by atoms with Crippen LogP contribution in [-0.2, 0) is 14.3 Å². The van der Waals surface area contributed by atoms with Crippen LogP contribution in [0.1, 0.15) is 96.9 Å². The Hall–Kier alpha value is -5.00. The summed E-state index contributed by atoms with van der Waals surface area (Å²) in [6.45, 7) is 0.635. The van der Waals surface area contributed by atoms with Crippen molar-refractivity contribution in [2.45, 2.75) is 76.8 Å². The van der Waals surface area contributed by atoms with Crippen LogP contribution in [0.25, 0.3) is 6.08 Å². The van der Waals surface area contributed by atoms with Crippen LogP contribution in [0, 0.1) is 0 Å². The van der Waals surface area contributed by atoms with Crippen LogP contribution >= 0.6 is 0 Å². The van der Waals surface area contributed by atoms with E-state index in [1.54, 1.807) is 48.5 Å². The normalized spacial score (nSPS) is 11.3. The van der Waals surface area contributed by atoms with Gasteiger partial charge in [-0.25, -0.2) is 14.4 Å². The van der Waals surface area contributed by atoms with Crippen molar-refractivity contribution in [3.8, 4) is 11.5 Å². The molecular formula is C38H45F3N2O7. The quantitative estimate of drug-likeness (QED) is 0.0367. The van der Waals surface area contributed by atoms with Gasteiger partial charge >= 0.3 is 24.1 Å². The Morgan fingerprint density at radius 3 is 1.72 bits per heavy atom. The summed E-state index contributed by atoms with van der Waals surface area (Å²) in [5.41, 5.74) is 13.6. The van der Waals surface area contributed by atoms with Gasteiger partial charge in [-0.2, -0.15) is 13.2 Å². The maximum atomic E-state index is 12.4. The van der Waals surface area contributed by atoms with E-state index in [0.717, 1.165) is 63.4 Å². The first-order valence-electron chi connectivity index (χ1n) is 16.8. The van der Waals surface area contributed by atoms with E-state index in [0.29, 0.717) is 41.7 Å². The molecule has 3 rings (SSSR count). The minimum absolute atomic E-state index is 0.0831. The third kappa shape index (κ3) is 16.4. The van der Waals surface area contributed by atoms with Crippen molar-refractivity contribution in [2.75, 3.05) is 31.3 Å². The summed E-state index contributed by atoms with van der Waals surface area (Å²) in [7, 11) is 0. The van der Waals surface area contributed by atoms with Crippen LogP contribution in [-0.4, -0.2) is 43.9 Å². The van der Waals surface area contributed by atoms with Gasteiger partial charge in [-0.15, -0.1) is 0 Å². The number of halogens is 3. The highest BCUT2D eigenvalue weighted by molar-refractivity contribution is 5.92. The average Bonchev–Trinajstić information content (AvgIpc) is 3.07. The number of rotatable bonds is 21. The summed E-state index contributed by atoms with van der Waals surface area (Å²) in [5, 5.41) is 0. The molecule has 0 fully saturated rings. The van der Waals surface area contributed by atoms with E-state index in [2.05, 4.69) is 0 Å². The maximum absolute atomic E-state index is 12.4.